The molecule has 0 spiro atoms. The Bertz CT molecular complexity index is 1470. The van der Waals surface area contributed by atoms with Gasteiger partial charge in [-0.25, -0.2) is 22.0 Å². The third-order valence-electron chi connectivity index (χ3n) is 9.28. The van der Waals surface area contributed by atoms with Gasteiger partial charge in [0, 0.05) is 42.3 Å². The predicted octanol–water partition coefficient (Wildman–Crippen LogP) is 4.23. The molecular formula is C32H42F2N4O6S. The highest BCUT2D eigenvalue weighted by Gasteiger charge is 2.41. The number of fused-ring (bicyclic) bond motifs is 2. The predicted molar refractivity (Wildman–Crippen MR) is 165 cm³/mol. The molecule has 2 bridgehead atoms. The lowest BCUT2D eigenvalue weighted by Gasteiger charge is -2.40. The molecule has 3 aliphatic rings. The lowest BCUT2D eigenvalue weighted by Crippen LogP contribution is -2.57. The minimum absolute atomic E-state index is 0.0839. The number of ether oxygens (including phenoxy) is 1. The third-order valence-corrected chi connectivity index (χ3v) is 11.2. The van der Waals surface area contributed by atoms with Gasteiger partial charge in [-0.2, -0.15) is 4.31 Å². The maximum Gasteiger partial charge on any atom is 0.405 e. The maximum atomic E-state index is 15.3. The summed E-state index contributed by atoms with van der Waals surface area (Å²) < 4.78 is 62.5. The number of sulfonamides is 1. The van der Waals surface area contributed by atoms with E-state index in [-0.39, 0.29) is 53.6 Å². The van der Waals surface area contributed by atoms with Crippen LogP contribution in [0.15, 0.2) is 42.5 Å². The second-order valence-electron chi connectivity index (χ2n) is 12.6. The molecule has 5 rings (SSSR count). The number of halogens is 2. The van der Waals surface area contributed by atoms with Crippen LogP contribution in [0.1, 0.15) is 63.0 Å². The van der Waals surface area contributed by atoms with Crippen LogP contribution < -0.4 is 16.0 Å². The molecule has 10 nitrogen and oxygen atoms in total. The summed E-state index contributed by atoms with van der Waals surface area (Å²) >= 11 is 0. The number of carbonyl (C=O) groups is 2. The Labute approximate surface area is 263 Å². The molecule has 3 saturated heterocycles. The van der Waals surface area contributed by atoms with Gasteiger partial charge in [0.15, 0.2) is 0 Å². The first-order chi connectivity index (χ1) is 21.4. The Morgan fingerprint density at radius 1 is 1.11 bits per heavy atom. The lowest BCUT2D eigenvalue weighted by atomic mass is 9.74. The van der Waals surface area contributed by atoms with Gasteiger partial charge in [-0.15, -0.1) is 0 Å². The molecule has 0 aromatic heterocycles. The molecule has 246 valence electrons. The van der Waals surface area contributed by atoms with Crippen LogP contribution in [0.5, 0.6) is 0 Å². The maximum absolute atomic E-state index is 15.3. The van der Waals surface area contributed by atoms with Crippen molar-refractivity contribution in [2.75, 3.05) is 24.2 Å². The van der Waals surface area contributed by atoms with Gasteiger partial charge >= 0.3 is 6.09 Å². The smallest absolute Gasteiger partial charge is 0.405 e. The molecule has 0 radical (unpaired) electrons. The molecule has 2 amide bonds. The van der Waals surface area contributed by atoms with Crippen LogP contribution in [-0.4, -0.2) is 79.0 Å². The van der Waals surface area contributed by atoms with Gasteiger partial charge in [-0.05, 0) is 88.1 Å². The highest BCUT2D eigenvalue weighted by atomic mass is 32.2. The second kappa shape index (κ2) is 14.1. The quantitative estimate of drug-likeness (QED) is 0.320. The van der Waals surface area contributed by atoms with Crippen molar-refractivity contribution in [1.29, 1.82) is 0 Å². The van der Waals surface area contributed by atoms with E-state index in [1.54, 1.807) is 18.2 Å². The van der Waals surface area contributed by atoms with Crippen molar-refractivity contribution in [3.8, 4) is 0 Å². The molecule has 3 unspecified atom stereocenters. The van der Waals surface area contributed by atoms with Crippen molar-refractivity contribution in [2.24, 2.45) is 5.92 Å². The van der Waals surface area contributed by atoms with Crippen LogP contribution >= 0.6 is 0 Å². The number of rotatable bonds is 9. The van der Waals surface area contributed by atoms with Crippen molar-refractivity contribution in [3.05, 3.63) is 65.2 Å². The van der Waals surface area contributed by atoms with E-state index in [1.165, 1.54) is 28.6 Å². The van der Waals surface area contributed by atoms with Crippen LogP contribution in [0, 0.1) is 17.6 Å². The Balaban J connectivity index is 1.41. The van der Waals surface area contributed by atoms with E-state index in [0.29, 0.717) is 44.3 Å². The zero-order chi connectivity index (χ0) is 32.3. The van der Waals surface area contributed by atoms with E-state index in [9.17, 15) is 27.5 Å². The number of carbonyl (C=O) groups excluding carboxylic acids is 1. The van der Waals surface area contributed by atoms with Crippen LogP contribution in [0.2, 0.25) is 0 Å². The summed E-state index contributed by atoms with van der Waals surface area (Å²) in [5.74, 6) is -2.45. The highest BCUT2D eigenvalue weighted by molar-refractivity contribution is 7.89. The fourth-order valence-corrected chi connectivity index (χ4v) is 9.13. The van der Waals surface area contributed by atoms with E-state index in [0.717, 1.165) is 6.42 Å². The first-order valence-corrected chi connectivity index (χ1v) is 17.2. The van der Waals surface area contributed by atoms with Crippen molar-refractivity contribution < 1.29 is 36.6 Å². The number of hydrogen-bond donors (Lipinski definition) is 4. The van der Waals surface area contributed by atoms with Crippen LogP contribution in [-0.2, 0) is 26.0 Å². The summed E-state index contributed by atoms with van der Waals surface area (Å²) in [6, 6.07) is 8.41. The standard InChI is InChI=1S/C32H42F2N4O6S/c1-19-15-22(16-20(2)44-19)29(21-8-10-23(33)11-9-21)30(37-32(40)41)31(39)36-28-7-3-6-27(34)26(28)13-12-25-17-35-24-5-4-14-45(42,43)38(25)18-24/h3,6-11,19-20,22,24-25,29-30,35,37H,4-5,12-18H2,1-2H3,(H,36,39)(H,40,41)/t19-,20+,22?,24-,25+,29?,30+/m1/s1. The first-order valence-electron chi connectivity index (χ1n) is 15.6. The van der Waals surface area contributed by atoms with E-state index >= 15 is 4.39 Å². The van der Waals surface area contributed by atoms with Crippen molar-refractivity contribution in [3.63, 3.8) is 0 Å². The number of amides is 2. The normalized spacial score (nSPS) is 29.2. The molecule has 13 heteroatoms. The Morgan fingerprint density at radius 2 is 1.82 bits per heavy atom. The van der Waals surface area contributed by atoms with Gasteiger partial charge in [-0.1, -0.05) is 18.2 Å². The van der Waals surface area contributed by atoms with Crippen LogP contribution in [0.25, 0.3) is 0 Å². The third kappa shape index (κ3) is 8.00. The number of benzene rings is 2. The van der Waals surface area contributed by atoms with Gasteiger partial charge in [0.25, 0.3) is 0 Å². The van der Waals surface area contributed by atoms with Gasteiger partial charge in [0.1, 0.15) is 17.7 Å². The van der Waals surface area contributed by atoms with E-state index in [1.807, 2.05) is 13.8 Å². The van der Waals surface area contributed by atoms with Crippen LogP contribution in [0.4, 0.5) is 19.3 Å². The summed E-state index contributed by atoms with van der Waals surface area (Å²) in [5, 5.41) is 18.4. The van der Waals surface area contributed by atoms with E-state index < -0.39 is 45.6 Å². The molecule has 2 aromatic rings. The largest absolute Gasteiger partial charge is 0.465 e. The monoisotopic (exact) mass is 648 g/mol. The minimum atomic E-state index is -3.43. The molecule has 8 atom stereocenters. The molecule has 4 N–H and O–H groups in total. The number of hydrogen-bond acceptors (Lipinski definition) is 6. The Kier molecular flexibility index (Phi) is 10.4. The van der Waals surface area contributed by atoms with Gasteiger partial charge in [-0.3, -0.25) is 4.79 Å². The summed E-state index contributed by atoms with van der Waals surface area (Å²) in [4.78, 5) is 26.0. The SMILES string of the molecule is C[C@@H]1CC(C(c2ccc(F)cc2)[C@H](NC(=O)O)C(=O)Nc2cccc(F)c2CC[C@H]2CN[C@@H]3CCCS(=O)(=O)N2C3)C[C@H](C)O1. The Hall–Kier alpha value is -3.13. The number of carboxylic acid groups (broad SMARTS) is 1. The van der Waals surface area contributed by atoms with Crippen molar-refractivity contribution in [1.82, 2.24) is 14.9 Å². The summed E-state index contributed by atoms with van der Waals surface area (Å²) in [6.07, 6.45) is 1.28. The van der Waals surface area contributed by atoms with Gasteiger partial charge < -0.3 is 25.8 Å². The molecule has 2 aromatic carbocycles. The average molecular weight is 649 g/mol. The lowest BCUT2D eigenvalue weighted by molar-refractivity contribution is -0.120. The molecule has 3 aliphatic heterocycles. The number of nitrogens with zero attached hydrogens (tertiary/aromatic N) is 1. The Morgan fingerprint density at radius 3 is 2.51 bits per heavy atom. The topological polar surface area (TPSA) is 137 Å². The van der Waals surface area contributed by atoms with E-state index in [4.69, 9.17) is 4.74 Å². The number of piperazine rings is 1. The second-order valence-corrected chi connectivity index (χ2v) is 14.6. The molecule has 0 saturated carbocycles. The molecule has 3 heterocycles. The summed E-state index contributed by atoms with van der Waals surface area (Å²) in [6.45, 7) is 4.67. The molecule has 3 fully saturated rings. The number of anilines is 1. The van der Waals surface area contributed by atoms with Gasteiger partial charge in [0.2, 0.25) is 15.9 Å². The molecule has 0 aliphatic carbocycles. The molecule has 45 heavy (non-hydrogen) atoms. The fraction of sp³-hybridized carbons (Fsp3) is 0.562. The van der Waals surface area contributed by atoms with Crippen molar-refractivity contribution in [2.45, 2.75) is 88.6 Å². The summed E-state index contributed by atoms with van der Waals surface area (Å²) in [5.41, 5.74) is 0.989. The zero-order valence-corrected chi connectivity index (χ0v) is 26.4. The highest BCUT2D eigenvalue weighted by Crippen LogP contribution is 2.39. The first kappa shape index (κ1) is 33.2. The van der Waals surface area contributed by atoms with Crippen molar-refractivity contribution >= 4 is 27.7 Å². The fourth-order valence-electron chi connectivity index (χ4n) is 7.32. The molecular weight excluding hydrogens is 606 g/mol. The van der Waals surface area contributed by atoms with E-state index in [2.05, 4.69) is 16.0 Å². The average Bonchev–Trinajstić information content (AvgIpc) is 3.08. The summed E-state index contributed by atoms with van der Waals surface area (Å²) in [7, 11) is -3.43. The van der Waals surface area contributed by atoms with Crippen LogP contribution in [0.3, 0.4) is 0 Å². The number of nitrogens with one attached hydrogen (secondary N) is 3. The zero-order valence-electron chi connectivity index (χ0n) is 25.5. The minimum Gasteiger partial charge on any atom is -0.465 e. The van der Waals surface area contributed by atoms with Gasteiger partial charge in [0.05, 0.1) is 18.0 Å².